The topological polar surface area (TPSA) is 19.0 Å². The van der Waals surface area contributed by atoms with Gasteiger partial charge in [0.1, 0.15) is 0 Å². The average molecular weight is 753 g/mol. The predicted molar refractivity (Wildman–Crippen MR) is 251 cm³/mol. The molecule has 278 valence electrons. The monoisotopic (exact) mass is 752 g/mol. The zero-order valence-electron chi connectivity index (χ0n) is 33.0. The van der Waals surface area contributed by atoms with Crippen LogP contribution in [0.25, 0.3) is 87.5 Å². The standard InChI is InChI=1S/C57H40N2/c1-57(2)50-25-13-10-21-43(50)44-33-32-39(34-51(44)57)59(53-27-15-12-18-40(53)36-16-4-3-5-17-36)38-30-28-37(29-31-38)48-35-49-42-20-7-9-23-46(42)56-55(47-24-11-14-26-52(47)58-56)54(49)45-22-8-6-19-41(45)48/h3-35,58H,1-2H3. The molecular formula is C57H40N2. The average Bonchev–Trinajstić information content (AvgIpc) is 3.79. The molecule has 1 N–H and O–H groups in total. The Balaban J connectivity index is 1.07. The number of para-hydroxylation sites is 2. The van der Waals surface area contributed by atoms with Crippen LogP contribution in [0.5, 0.6) is 0 Å². The van der Waals surface area contributed by atoms with Crippen LogP contribution in [0, 0.1) is 0 Å². The van der Waals surface area contributed by atoms with Crippen molar-refractivity contribution in [3.63, 3.8) is 0 Å². The second kappa shape index (κ2) is 12.8. The van der Waals surface area contributed by atoms with Gasteiger partial charge in [-0.3, -0.25) is 0 Å². The molecule has 0 saturated heterocycles. The molecule has 0 aliphatic heterocycles. The summed E-state index contributed by atoms with van der Waals surface area (Å²) in [6.07, 6.45) is 0. The summed E-state index contributed by atoms with van der Waals surface area (Å²) in [5, 5.41) is 10.2. The molecule has 0 spiro atoms. The quantitative estimate of drug-likeness (QED) is 0.174. The number of anilines is 3. The number of nitrogens with one attached hydrogen (secondary N) is 1. The number of hydrogen-bond acceptors (Lipinski definition) is 1. The lowest BCUT2D eigenvalue weighted by Gasteiger charge is -2.30. The van der Waals surface area contributed by atoms with E-state index in [2.05, 4.69) is 224 Å². The van der Waals surface area contributed by atoms with E-state index in [0.717, 1.165) is 17.1 Å². The lowest BCUT2D eigenvalue weighted by Crippen LogP contribution is -2.16. The molecule has 0 bridgehead atoms. The van der Waals surface area contributed by atoms with Gasteiger partial charge in [-0.15, -0.1) is 0 Å². The summed E-state index contributed by atoms with van der Waals surface area (Å²) in [5.41, 5.74) is 15.9. The van der Waals surface area contributed by atoms with E-state index < -0.39 is 0 Å². The summed E-state index contributed by atoms with van der Waals surface area (Å²) < 4.78 is 0. The summed E-state index contributed by atoms with van der Waals surface area (Å²) in [6.45, 7) is 4.72. The van der Waals surface area contributed by atoms with Crippen LogP contribution in [0.15, 0.2) is 200 Å². The van der Waals surface area contributed by atoms with E-state index in [-0.39, 0.29) is 5.41 Å². The third-order valence-corrected chi connectivity index (χ3v) is 13.0. The van der Waals surface area contributed by atoms with E-state index in [0.29, 0.717) is 0 Å². The Kier molecular flexibility index (Phi) is 7.31. The van der Waals surface area contributed by atoms with Gasteiger partial charge in [0.25, 0.3) is 0 Å². The van der Waals surface area contributed by atoms with E-state index in [1.807, 2.05) is 0 Å². The third-order valence-electron chi connectivity index (χ3n) is 13.0. The Labute approximate surface area is 343 Å². The van der Waals surface area contributed by atoms with Crippen molar-refractivity contribution in [1.82, 2.24) is 4.98 Å². The number of aromatic amines is 1. The molecule has 1 heterocycles. The van der Waals surface area contributed by atoms with Gasteiger partial charge in [0.15, 0.2) is 0 Å². The Hall–Kier alpha value is -7.42. The first-order valence-electron chi connectivity index (χ1n) is 20.6. The van der Waals surface area contributed by atoms with Crippen molar-refractivity contribution < 1.29 is 0 Å². The van der Waals surface area contributed by atoms with Gasteiger partial charge in [0, 0.05) is 49.4 Å². The minimum absolute atomic E-state index is 0.115. The molecule has 12 rings (SSSR count). The molecule has 1 aliphatic rings. The smallest absolute Gasteiger partial charge is 0.0551 e. The van der Waals surface area contributed by atoms with Crippen LogP contribution >= 0.6 is 0 Å². The second-order valence-electron chi connectivity index (χ2n) is 16.5. The van der Waals surface area contributed by atoms with Crippen LogP contribution in [-0.4, -0.2) is 4.98 Å². The fraction of sp³-hybridized carbons (Fsp3) is 0.0526. The number of hydrogen-bond donors (Lipinski definition) is 1. The molecule has 0 saturated carbocycles. The minimum atomic E-state index is -0.115. The first kappa shape index (κ1) is 33.7. The number of rotatable bonds is 5. The van der Waals surface area contributed by atoms with Gasteiger partial charge in [0.2, 0.25) is 0 Å². The lowest BCUT2D eigenvalue weighted by molar-refractivity contribution is 0.660. The largest absolute Gasteiger partial charge is 0.354 e. The van der Waals surface area contributed by atoms with Gasteiger partial charge >= 0.3 is 0 Å². The SMILES string of the molecule is CC1(C)c2ccccc2-c2ccc(N(c3ccc(-c4cc5c6ccccc6c6[nH]c7ccccc7c6c5c5ccccc45)cc3)c3ccccc3-c3ccccc3)cc21. The van der Waals surface area contributed by atoms with Crippen molar-refractivity contribution in [2.75, 3.05) is 4.90 Å². The normalized spacial score (nSPS) is 13.1. The summed E-state index contributed by atoms with van der Waals surface area (Å²) in [7, 11) is 0. The molecule has 1 aromatic heterocycles. The van der Waals surface area contributed by atoms with Gasteiger partial charge in [-0.1, -0.05) is 172 Å². The number of fused-ring (bicyclic) bond motifs is 13. The van der Waals surface area contributed by atoms with Crippen LogP contribution < -0.4 is 4.90 Å². The van der Waals surface area contributed by atoms with Crippen molar-refractivity contribution in [2.24, 2.45) is 0 Å². The van der Waals surface area contributed by atoms with Crippen LogP contribution in [-0.2, 0) is 5.41 Å². The van der Waals surface area contributed by atoms with E-state index in [9.17, 15) is 0 Å². The maximum atomic E-state index is 3.80. The molecular weight excluding hydrogens is 713 g/mol. The number of benzene rings is 10. The zero-order valence-corrected chi connectivity index (χ0v) is 33.0. The molecule has 2 heteroatoms. The molecule has 0 amide bonds. The first-order valence-corrected chi connectivity index (χ1v) is 20.6. The summed E-state index contributed by atoms with van der Waals surface area (Å²) in [6, 6.07) is 73.8. The highest BCUT2D eigenvalue weighted by Crippen LogP contribution is 2.52. The fourth-order valence-electron chi connectivity index (χ4n) is 10.2. The van der Waals surface area contributed by atoms with Crippen LogP contribution in [0.1, 0.15) is 25.0 Å². The number of H-pyrrole nitrogens is 1. The maximum absolute atomic E-state index is 3.80. The second-order valence-corrected chi connectivity index (χ2v) is 16.5. The molecule has 1 aliphatic carbocycles. The summed E-state index contributed by atoms with van der Waals surface area (Å²) in [4.78, 5) is 6.25. The van der Waals surface area contributed by atoms with Crippen LogP contribution in [0.2, 0.25) is 0 Å². The first-order chi connectivity index (χ1) is 29.0. The zero-order chi connectivity index (χ0) is 39.2. The Morgan fingerprint density at radius 1 is 0.373 bits per heavy atom. The Morgan fingerprint density at radius 3 is 1.78 bits per heavy atom. The highest BCUT2D eigenvalue weighted by Gasteiger charge is 2.36. The molecule has 59 heavy (non-hydrogen) atoms. The van der Waals surface area contributed by atoms with E-state index in [4.69, 9.17) is 0 Å². The fourth-order valence-corrected chi connectivity index (χ4v) is 10.2. The third kappa shape index (κ3) is 5.00. The van der Waals surface area contributed by atoms with Crippen molar-refractivity contribution in [2.45, 2.75) is 19.3 Å². The molecule has 2 nitrogen and oxygen atoms in total. The Morgan fingerprint density at radius 2 is 0.966 bits per heavy atom. The van der Waals surface area contributed by atoms with Gasteiger partial charge in [-0.05, 0) is 103 Å². The number of nitrogens with zero attached hydrogens (tertiary/aromatic N) is 1. The van der Waals surface area contributed by atoms with Crippen molar-refractivity contribution >= 4 is 71.2 Å². The maximum Gasteiger partial charge on any atom is 0.0551 e. The van der Waals surface area contributed by atoms with Gasteiger partial charge < -0.3 is 9.88 Å². The summed E-state index contributed by atoms with van der Waals surface area (Å²) in [5.74, 6) is 0. The van der Waals surface area contributed by atoms with Crippen LogP contribution in [0.3, 0.4) is 0 Å². The molecule has 0 atom stereocenters. The molecule has 0 unspecified atom stereocenters. The highest BCUT2D eigenvalue weighted by atomic mass is 15.1. The molecule has 11 aromatic rings. The summed E-state index contributed by atoms with van der Waals surface area (Å²) >= 11 is 0. The van der Waals surface area contributed by atoms with E-state index in [1.54, 1.807) is 0 Å². The van der Waals surface area contributed by atoms with Crippen molar-refractivity contribution in [1.29, 1.82) is 0 Å². The van der Waals surface area contributed by atoms with E-state index >= 15 is 0 Å². The van der Waals surface area contributed by atoms with Crippen molar-refractivity contribution in [3.05, 3.63) is 211 Å². The van der Waals surface area contributed by atoms with Gasteiger partial charge in [0.05, 0.1) is 11.2 Å². The number of aromatic nitrogens is 1. The lowest BCUT2D eigenvalue weighted by atomic mass is 9.82. The molecule has 10 aromatic carbocycles. The Bertz CT molecular complexity index is 3460. The van der Waals surface area contributed by atoms with Gasteiger partial charge in [-0.25, -0.2) is 0 Å². The highest BCUT2D eigenvalue weighted by molar-refractivity contribution is 6.37. The van der Waals surface area contributed by atoms with Crippen LogP contribution in [0.4, 0.5) is 17.1 Å². The molecule has 0 radical (unpaired) electrons. The molecule has 0 fully saturated rings. The van der Waals surface area contributed by atoms with Crippen molar-refractivity contribution in [3.8, 4) is 33.4 Å². The van der Waals surface area contributed by atoms with Gasteiger partial charge in [-0.2, -0.15) is 0 Å². The predicted octanol–water partition coefficient (Wildman–Crippen LogP) is 15.9. The minimum Gasteiger partial charge on any atom is -0.354 e. The van der Waals surface area contributed by atoms with E-state index in [1.165, 1.54) is 98.6 Å².